The zero-order valence-electron chi connectivity index (χ0n) is 13.4. The average molecular weight is 313 g/mol. The van der Waals surface area contributed by atoms with Crippen LogP contribution in [0.5, 0.6) is 0 Å². The Morgan fingerprint density at radius 1 is 1.39 bits per heavy atom. The number of aromatic nitrogens is 1. The quantitative estimate of drug-likeness (QED) is 0.812. The van der Waals surface area contributed by atoms with Crippen molar-refractivity contribution < 1.29 is 9.90 Å². The van der Waals surface area contributed by atoms with Crippen LogP contribution < -0.4 is 10.6 Å². The minimum Gasteiger partial charge on any atom is -0.396 e. The number of carbonyl (C=O) groups excluding carboxylic acids is 1. The van der Waals surface area contributed by atoms with Crippen molar-refractivity contribution >= 4 is 16.9 Å². The predicted octanol–water partition coefficient (Wildman–Crippen LogP) is 2.59. The molecule has 1 aliphatic carbocycles. The number of nitrogens with zero attached hydrogens (tertiary/aromatic N) is 1. The molecule has 2 aromatic rings. The highest BCUT2D eigenvalue weighted by atomic mass is 16.3. The number of benzene rings is 1. The van der Waals surface area contributed by atoms with Crippen molar-refractivity contribution in [1.29, 1.82) is 0 Å². The van der Waals surface area contributed by atoms with E-state index in [1.807, 2.05) is 37.3 Å². The fourth-order valence-electron chi connectivity index (χ4n) is 3.36. The van der Waals surface area contributed by atoms with E-state index in [4.69, 9.17) is 0 Å². The van der Waals surface area contributed by atoms with Crippen LogP contribution in [0.15, 0.2) is 36.5 Å². The number of amides is 2. The topological polar surface area (TPSA) is 74.2 Å². The Hall–Kier alpha value is -2.14. The summed E-state index contributed by atoms with van der Waals surface area (Å²) < 4.78 is 0. The van der Waals surface area contributed by atoms with E-state index in [0.717, 1.165) is 35.7 Å². The number of urea groups is 1. The number of para-hydroxylation sites is 1. The molecule has 1 heterocycles. The lowest BCUT2D eigenvalue weighted by atomic mass is 9.86. The summed E-state index contributed by atoms with van der Waals surface area (Å²) >= 11 is 0. The van der Waals surface area contributed by atoms with Gasteiger partial charge in [0.2, 0.25) is 0 Å². The van der Waals surface area contributed by atoms with Crippen molar-refractivity contribution in [3.05, 3.63) is 42.1 Å². The van der Waals surface area contributed by atoms with Gasteiger partial charge in [-0.1, -0.05) is 37.6 Å². The maximum Gasteiger partial charge on any atom is 0.315 e. The summed E-state index contributed by atoms with van der Waals surface area (Å²) in [4.78, 5) is 16.6. The van der Waals surface area contributed by atoms with Crippen LogP contribution >= 0.6 is 0 Å². The summed E-state index contributed by atoms with van der Waals surface area (Å²) in [5, 5.41) is 16.5. The van der Waals surface area contributed by atoms with Crippen molar-refractivity contribution in [3.8, 4) is 0 Å². The van der Waals surface area contributed by atoms with Gasteiger partial charge in [0.15, 0.2) is 0 Å². The Kier molecular flexibility index (Phi) is 4.48. The van der Waals surface area contributed by atoms with Crippen molar-refractivity contribution in [1.82, 2.24) is 15.6 Å². The zero-order chi connectivity index (χ0) is 16.3. The molecular weight excluding hydrogens is 290 g/mol. The summed E-state index contributed by atoms with van der Waals surface area (Å²) in [5.74, 6) is 0. The van der Waals surface area contributed by atoms with E-state index in [-0.39, 0.29) is 24.1 Å². The maximum atomic E-state index is 12.2. The van der Waals surface area contributed by atoms with Gasteiger partial charge in [0.05, 0.1) is 12.1 Å². The number of aliphatic hydroxyl groups is 1. The lowest BCUT2D eigenvalue weighted by Gasteiger charge is -2.30. The first kappa shape index (κ1) is 15.7. The van der Waals surface area contributed by atoms with Gasteiger partial charge in [-0.25, -0.2) is 4.79 Å². The molecule has 2 unspecified atom stereocenters. The normalized spacial score (nSPS) is 23.8. The molecule has 0 bridgehead atoms. The Bertz CT molecular complexity index is 698. The maximum absolute atomic E-state index is 12.2. The van der Waals surface area contributed by atoms with Crippen LogP contribution in [0.2, 0.25) is 0 Å². The molecule has 3 N–H and O–H groups in total. The van der Waals surface area contributed by atoms with Crippen molar-refractivity contribution in [2.75, 3.05) is 6.61 Å². The fourth-order valence-corrected chi connectivity index (χ4v) is 3.36. The molecule has 0 spiro atoms. The Balaban J connectivity index is 1.63. The first-order valence-electron chi connectivity index (χ1n) is 8.10. The zero-order valence-corrected chi connectivity index (χ0v) is 13.4. The minimum atomic E-state index is -0.210. The highest BCUT2D eigenvalue weighted by molar-refractivity contribution is 5.82. The van der Waals surface area contributed by atoms with Crippen molar-refractivity contribution in [2.24, 2.45) is 5.41 Å². The van der Waals surface area contributed by atoms with Gasteiger partial charge in [-0.3, -0.25) is 4.98 Å². The molecule has 1 fully saturated rings. The molecule has 5 heteroatoms. The highest BCUT2D eigenvalue weighted by Crippen LogP contribution is 2.37. The second kappa shape index (κ2) is 6.54. The lowest BCUT2D eigenvalue weighted by Crippen LogP contribution is -2.48. The molecule has 2 amide bonds. The Morgan fingerprint density at radius 3 is 3.04 bits per heavy atom. The number of fused-ring (bicyclic) bond motifs is 1. The van der Waals surface area contributed by atoms with Gasteiger partial charge in [0.1, 0.15) is 0 Å². The smallest absolute Gasteiger partial charge is 0.315 e. The monoisotopic (exact) mass is 313 g/mol. The van der Waals surface area contributed by atoms with E-state index in [9.17, 15) is 9.90 Å². The molecule has 0 radical (unpaired) electrons. The van der Waals surface area contributed by atoms with Gasteiger partial charge in [0.25, 0.3) is 0 Å². The minimum absolute atomic E-state index is 0.0261. The molecule has 23 heavy (non-hydrogen) atoms. The molecular formula is C18H23N3O2. The van der Waals surface area contributed by atoms with Gasteiger partial charge in [-0.15, -0.1) is 0 Å². The number of carbonyl (C=O) groups is 1. The van der Waals surface area contributed by atoms with Gasteiger partial charge in [-0.05, 0) is 24.5 Å². The summed E-state index contributed by atoms with van der Waals surface area (Å²) in [6.45, 7) is 2.56. The van der Waals surface area contributed by atoms with E-state index >= 15 is 0 Å². The Morgan fingerprint density at radius 2 is 2.22 bits per heavy atom. The number of hydrogen-bond donors (Lipinski definition) is 3. The van der Waals surface area contributed by atoms with Crippen molar-refractivity contribution in [3.63, 3.8) is 0 Å². The number of aliphatic hydroxyl groups excluding tert-OH is 1. The average Bonchev–Trinajstić information content (AvgIpc) is 2.94. The Labute approximate surface area is 136 Å². The summed E-state index contributed by atoms with van der Waals surface area (Å²) in [5.41, 5.74) is 1.70. The molecule has 122 valence electrons. The lowest BCUT2D eigenvalue weighted by molar-refractivity contribution is 0.121. The molecule has 5 nitrogen and oxygen atoms in total. The summed E-state index contributed by atoms with van der Waals surface area (Å²) in [6, 6.07) is 9.71. The van der Waals surface area contributed by atoms with Crippen LogP contribution in [0.4, 0.5) is 4.79 Å². The van der Waals surface area contributed by atoms with Gasteiger partial charge in [0, 0.05) is 29.6 Å². The number of hydrogen-bond acceptors (Lipinski definition) is 3. The molecule has 1 saturated carbocycles. The van der Waals surface area contributed by atoms with E-state index in [1.165, 1.54) is 0 Å². The van der Waals surface area contributed by atoms with Crippen LogP contribution in [-0.4, -0.2) is 28.8 Å². The second-order valence-electron chi connectivity index (χ2n) is 6.58. The van der Waals surface area contributed by atoms with Crippen molar-refractivity contribution in [2.45, 2.75) is 38.8 Å². The third-order valence-electron chi connectivity index (χ3n) is 4.90. The number of nitrogens with one attached hydrogen (secondary N) is 2. The van der Waals surface area contributed by atoms with E-state index in [0.29, 0.717) is 6.54 Å². The first-order chi connectivity index (χ1) is 11.1. The van der Waals surface area contributed by atoms with E-state index < -0.39 is 0 Å². The third-order valence-corrected chi connectivity index (χ3v) is 4.90. The molecule has 2 atom stereocenters. The molecule has 1 aromatic heterocycles. The third kappa shape index (κ3) is 3.29. The van der Waals surface area contributed by atoms with Gasteiger partial charge >= 0.3 is 6.03 Å². The molecule has 3 rings (SSSR count). The van der Waals surface area contributed by atoms with Gasteiger partial charge < -0.3 is 15.7 Å². The predicted molar refractivity (Wildman–Crippen MR) is 89.9 cm³/mol. The fraction of sp³-hybridized carbons (Fsp3) is 0.444. The van der Waals surface area contributed by atoms with E-state index in [1.54, 1.807) is 6.20 Å². The van der Waals surface area contributed by atoms with E-state index in [2.05, 4.69) is 15.6 Å². The van der Waals surface area contributed by atoms with Crippen LogP contribution in [0, 0.1) is 5.41 Å². The van der Waals surface area contributed by atoms with Crippen LogP contribution in [0.25, 0.3) is 10.9 Å². The number of pyridine rings is 1. The SMILES string of the molecule is CC1(CO)CCCC1NC(=O)NCc1cccc2cccnc12. The summed E-state index contributed by atoms with van der Waals surface area (Å²) in [7, 11) is 0. The van der Waals surface area contributed by atoms with Gasteiger partial charge in [-0.2, -0.15) is 0 Å². The molecule has 1 aromatic carbocycles. The largest absolute Gasteiger partial charge is 0.396 e. The molecule has 0 saturated heterocycles. The van der Waals surface area contributed by atoms with Crippen LogP contribution in [-0.2, 0) is 6.54 Å². The second-order valence-corrected chi connectivity index (χ2v) is 6.58. The highest BCUT2D eigenvalue weighted by Gasteiger charge is 2.39. The molecule has 0 aliphatic heterocycles. The molecule has 1 aliphatic rings. The first-order valence-corrected chi connectivity index (χ1v) is 8.10. The number of rotatable bonds is 4. The van der Waals surface area contributed by atoms with Crippen LogP contribution in [0.3, 0.4) is 0 Å². The summed E-state index contributed by atoms with van der Waals surface area (Å²) in [6.07, 6.45) is 4.66. The van der Waals surface area contributed by atoms with Crippen LogP contribution in [0.1, 0.15) is 31.7 Å². The standard InChI is InChI=1S/C18H23N3O2/c1-18(12-22)9-3-8-15(18)21-17(23)20-11-14-6-2-5-13-7-4-10-19-16(13)14/h2,4-7,10,15,22H,3,8-9,11-12H2,1H3,(H2,20,21,23).